The van der Waals surface area contributed by atoms with Gasteiger partial charge in [-0.15, -0.1) is 0 Å². The topological polar surface area (TPSA) is 35.2 Å². The Morgan fingerprint density at radius 3 is 2.70 bits per heavy atom. The highest BCUT2D eigenvalue weighted by atomic mass is 35.5. The van der Waals surface area contributed by atoms with Gasteiger partial charge in [-0.2, -0.15) is 0 Å². The molecule has 1 atom stereocenters. The number of aryl methyl sites for hydroxylation is 1. The molecule has 2 aromatic carbocycles. The van der Waals surface area contributed by atoms with Crippen LogP contribution in [0.5, 0.6) is 5.75 Å². The number of nitrogens with two attached hydrogens (primary N) is 1. The first kappa shape index (κ1) is 14.8. The van der Waals surface area contributed by atoms with Crippen LogP contribution in [0.2, 0.25) is 5.02 Å². The van der Waals surface area contributed by atoms with Gasteiger partial charge in [-0.3, -0.25) is 0 Å². The number of hydrogen-bond donors (Lipinski definition) is 1. The fourth-order valence-electron chi connectivity index (χ4n) is 1.96. The summed E-state index contributed by atoms with van der Waals surface area (Å²) >= 11 is 5.96. The van der Waals surface area contributed by atoms with Crippen LogP contribution in [0.15, 0.2) is 36.4 Å². The average Bonchev–Trinajstić information content (AvgIpc) is 2.40. The van der Waals surface area contributed by atoms with Crippen molar-refractivity contribution in [3.05, 3.63) is 63.9 Å². The van der Waals surface area contributed by atoms with Crippen molar-refractivity contribution in [3.63, 3.8) is 0 Å². The highest BCUT2D eigenvalue weighted by molar-refractivity contribution is 6.30. The monoisotopic (exact) mass is 293 g/mol. The third-order valence-corrected chi connectivity index (χ3v) is 3.39. The molecular formula is C16H17ClFNO. The lowest BCUT2D eigenvalue weighted by Gasteiger charge is -2.15. The minimum absolute atomic E-state index is 0.183. The van der Waals surface area contributed by atoms with Gasteiger partial charge >= 0.3 is 0 Å². The molecular weight excluding hydrogens is 277 g/mol. The Morgan fingerprint density at radius 2 is 2.00 bits per heavy atom. The van der Waals surface area contributed by atoms with Crippen LogP contribution < -0.4 is 10.5 Å². The SMILES string of the molecule is Cc1ccc(F)cc1COc1ccc(Cl)cc1[C@H](C)N. The molecule has 0 bridgehead atoms. The van der Waals surface area contributed by atoms with E-state index in [1.54, 1.807) is 24.3 Å². The fraction of sp³-hybridized carbons (Fsp3) is 0.250. The molecule has 106 valence electrons. The molecule has 0 spiro atoms. The van der Waals surface area contributed by atoms with E-state index in [1.807, 2.05) is 13.8 Å². The standard InChI is InChI=1S/C16H17ClFNO/c1-10-3-5-14(18)7-12(10)9-20-16-6-4-13(17)8-15(16)11(2)19/h3-8,11H,9,19H2,1-2H3/t11-/m0/s1. The summed E-state index contributed by atoms with van der Waals surface area (Å²) in [7, 11) is 0. The minimum Gasteiger partial charge on any atom is -0.489 e. The summed E-state index contributed by atoms with van der Waals surface area (Å²) in [5.74, 6) is 0.408. The van der Waals surface area contributed by atoms with Crippen molar-refractivity contribution in [1.82, 2.24) is 0 Å². The third kappa shape index (κ3) is 3.50. The molecule has 0 radical (unpaired) electrons. The van der Waals surface area contributed by atoms with Gasteiger partial charge in [0.05, 0.1) is 0 Å². The lowest BCUT2D eigenvalue weighted by atomic mass is 10.1. The first-order chi connectivity index (χ1) is 9.47. The average molecular weight is 294 g/mol. The first-order valence-corrected chi connectivity index (χ1v) is 6.78. The van der Waals surface area contributed by atoms with E-state index < -0.39 is 0 Å². The van der Waals surface area contributed by atoms with E-state index in [2.05, 4.69) is 0 Å². The summed E-state index contributed by atoms with van der Waals surface area (Å²) in [6.45, 7) is 4.09. The highest BCUT2D eigenvalue weighted by Crippen LogP contribution is 2.28. The largest absolute Gasteiger partial charge is 0.489 e. The molecule has 2 nitrogen and oxygen atoms in total. The molecule has 0 saturated heterocycles. The zero-order valence-corrected chi connectivity index (χ0v) is 12.2. The maximum atomic E-state index is 13.2. The van der Waals surface area contributed by atoms with Crippen molar-refractivity contribution in [2.45, 2.75) is 26.5 Å². The van der Waals surface area contributed by atoms with E-state index in [0.717, 1.165) is 16.7 Å². The maximum absolute atomic E-state index is 13.2. The van der Waals surface area contributed by atoms with Crippen LogP contribution in [0, 0.1) is 12.7 Å². The third-order valence-electron chi connectivity index (χ3n) is 3.16. The number of hydrogen-bond acceptors (Lipinski definition) is 2. The molecule has 0 amide bonds. The fourth-order valence-corrected chi connectivity index (χ4v) is 2.14. The van der Waals surface area contributed by atoms with E-state index in [9.17, 15) is 4.39 Å². The number of halogens is 2. The van der Waals surface area contributed by atoms with E-state index in [-0.39, 0.29) is 11.9 Å². The Bertz CT molecular complexity index is 613. The van der Waals surface area contributed by atoms with Gasteiger partial charge < -0.3 is 10.5 Å². The predicted octanol–water partition coefficient (Wildman–Crippen LogP) is 4.39. The van der Waals surface area contributed by atoms with Crippen molar-refractivity contribution in [2.75, 3.05) is 0 Å². The van der Waals surface area contributed by atoms with E-state index in [0.29, 0.717) is 17.4 Å². The lowest BCUT2D eigenvalue weighted by Crippen LogP contribution is -2.08. The van der Waals surface area contributed by atoms with Crippen molar-refractivity contribution in [1.29, 1.82) is 0 Å². The van der Waals surface area contributed by atoms with Gasteiger partial charge in [0.1, 0.15) is 18.2 Å². The van der Waals surface area contributed by atoms with Crippen LogP contribution in [0.25, 0.3) is 0 Å². The van der Waals surface area contributed by atoms with Crippen molar-refractivity contribution < 1.29 is 9.13 Å². The molecule has 4 heteroatoms. The molecule has 0 aliphatic heterocycles. The molecule has 2 N–H and O–H groups in total. The van der Waals surface area contributed by atoms with Crippen molar-refractivity contribution in [3.8, 4) is 5.75 Å². The number of benzene rings is 2. The Morgan fingerprint density at radius 1 is 1.25 bits per heavy atom. The van der Waals surface area contributed by atoms with Crippen LogP contribution in [-0.4, -0.2) is 0 Å². The summed E-state index contributed by atoms with van der Waals surface area (Å²) in [5.41, 5.74) is 8.55. The molecule has 2 rings (SSSR count). The molecule has 2 aromatic rings. The molecule has 0 saturated carbocycles. The van der Waals surface area contributed by atoms with Gasteiger partial charge in [-0.05, 0) is 55.3 Å². The Kier molecular flexibility index (Phi) is 4.63. The van der Waals surface area contributed by atoms with Crippen LogP contribution >= 0.6 is 11.6 Å². The summed E-state index contributed by atoms with van der Waals surface area (Å²) < 4.78 is 19.0. The summed E-state index contributed by atoms with van der Waals surface area (Å²) in [6, 6.07) is 9.81. The molecule has 0 aliphatic rings. The van der Waals surface area contributed by atoms with E-state index >= 15 is 0 Å². The van der Waals surface area contributed by atoms with Gasteiger partial charge in [-0.1, -0.05) is 17.7 Å². The predicted molar refractivity (Wildman–Crippen MR) is 79.5 cm³/mol. The second-order valence-electron chi connectivity index (χ2n) is 4.83. The maximum Gasteiger partial charge on any atom is 0.124 e. The highest BCUT2D eigenvalue weighted by Gasteiger charge is 2.10. The quantitative estimate of drug-likeness (QED) is 0.907. The summed E-state index contributed by atoms with van der Waals surface area (Å²) in [4.78, 5) is 0. The smallest absolute Gasteiger partial charge is 0.124 e. The second-order valence-corrected chi connectivity index (χ2v) is 5.27. The second kappa shape index (κ2) is 6.25. The zero-order chi connectivity index (χ0) is 14.7. The van der Waals surface area contributed by atoms with Crippen LogP contribution in [0.1, 0.15) is 29.7 Å². The van der Waals surface area contributed by atoms with Crippen LogP contribution in [0.3, 0.4) is 0 Å². The van der Waals surface area contributed by atoms with Gasteiger partial charge in [-0.25, -0.2) is 4.39 Å². The minimum atomic E-state index is -0.266. The van der Waals surface area contributed by atoms with Gasteiger partial charge in [0.2, 0.25) is 0 Å². The van der Waals surface area contributed by atoms with Crippen molar-refractivity contribution in [2.24, 2.45) is 5.73 Å². The Balaban J connectivity index is 2.20. The summed E-state index contributed by atoms with van der Waals surface area (Å²) in [6.07, 6.45) is 0. The van der Waals surface area contributed by atoms with Gasteiger partial charge in [0, 0.05) is 16.6 Å². The first-order valence-electron chi connectivity index (χ1n) is 6.40. The van der Waals surface area contributed by atoms with Crippen LogP contribution in [0.4, 0.5) is 4.39 Å². The Hall–Kier alpha value is -1.58. The molecule has 0 heterocycles. The van der Waals surface area contributed by atoms with Crippen LogP contribution in [-0.2, 0) is 6.61 Å². The Labute approximate surface area is 123 Å². The summed E-state index contributed by atoms with van der Waals surface area (Å²) in [5, 5.41) is 0.617. The normalized spacial score (nSPS) is 12.2. The van der Waals surface area contributed by atoms with E-state index in [4.69, 9.17) is 22.1 Å². The zero-order valence-electron chi connectivity index (χ0n) is 11.5. The molecule has 0 aromatic heterocycles. The van der Waals surface area contributed by atoms with E-state index in [1.165, 1.54) is 12.1 Å². The lowest BCUT2D eigenvalue weighted by molar-refractivity contribution is 0.300. The van der Waals surface area contributed by atoms with Crippen molar-refractivity contribution >= 4 is 11.6 Å². The number of ether oxygens (including phenoxy) is 1. The van der Waals surface area contributed by atoms with Gasteiger partial charge in [0.15, 0.2) is 0 Å². The van der Waals surface area contributed by atoms with Gasteiger partial charge in [0.25, 0.3) is 0 Å². The number of rotatable bonds is 4. The molecule has 20 heavy (non-hydrogen) atoms. The molecule has 0 unspecified atom stereocenters. The molecule has 0 fully saturated rings. The molecule has 0 aliphatic carbocycles.